The average Bonchev–Trinajstić information content (AvgIpc) is 3.89. The van der Waals surface area contributed by atoms with E-state index >= 15 is 0 Å². The number of nitrogens with zero attached hydrogens (tertiary/aromatic N) is 2. The first-order chi connectivity index (χ1) is 35.5. The highest BCUT2D eigenvalue weighted by Crippen LogP contribution is 2.26. The summed E-state index contributed by atoms with van der Waals surface area (Å²) in [4.78, 5) is 136. The average molecular weight is 1020 g/mol. The predicted octanol–water partition coefficient (Wildman–Crippen LogP) is 2.31. The SMILES string of the molecule is CCCC[C@H](NC(C)=O)C(=O)N[C@H]1CCC(=O)NCC[C@@H](C(=O)C[C@H](Cc2ccc3ccccc3c2)C(N)=O)CC(=O)[C@H](CCCN=C(N)N)CC(=O)[C@@H](Cc2ccccc2)NC(=O)[C@H](Cc2cnc[nH]2)NC1=O. The minimum Gasteiger partial charge on any atom is -0.370 e. The summed E-state index contributed by atoms with van der Waals surface area (Å²) in [6, 6.07) is 17.3. The van der Waals surface area contributed by atoms with E-state index in [4.69, 9.17) is 17.2 Å². The number of amides is 6. The molecule has 1 aliphatic rings. The monoisotopic (exact) mass is 1020 g/mol. The first-order valence-corrected chi connectivity index (χ1v) is 25.4. The number of carbonyl (C=O) groups is 9. The van der Waals surface area contributed by atoms with Crippen LogP contribution in [-0.4, -0.2) is 106 Å². The lowest BCUT2D eigenvalue weighted by Crippen LogP contribution is -2.58. The molecule has 12 N–H and O–H groups in total. The zero-order valence-corrected chi connectivity index (χ0v) is 42.2. The van der Waals surface area contributed by atoms with Crippen molar-refractivity contribution in [2.24, 2.45) is 39.9 Å². The summed E-state index contributed by atoms with van der Waals surface area (Å²) in [5.74, 6) is -8.48. The Labute approximate surface area is 431 Å². The molecular formula is C54H71N11O9. The van der Waals surface area contributed by atoms with E-state index in [-0.39, 0.29) is 96.1 Å². The molecule has 0 saturated carbocycles. The van der Waals surface area contributed by atoms with Crippen molar-refractivity contribution in [3.8, 4) is 0 Å². The van der Waals surface area contributed by atoms with Crippen LogP contribution in [0.1, 0.15) is 101 Å². The minimum atomic E-state index is -1.40. The van der Waals surface area contributed by atoms with E-state index in [1.54, 1.807) is 30.3 Å². The zero-order valence-electron chi connectivity index (χ0n) is 42.2. The molecule has 1 saturated heterocycles. The van der Waals surface area contributed by atoms with Crippen molar-refractivity contribution >= 4 is 69.5 Å². The number of nitrogens with one attached hydrogen (secondary N) is 6. The Bertz CT molecular complexity index is 2600. The van der Waals surface area contributed by atoms with E-state index in [2.05, 4.69) is 41.5 Å². The summed E-state index contributed by atoms with van der Waals surface area (Å²) < 4.78 is 0. The molecule has 0 aliphatic carbocycles. The van der Waals surface area contributed by atoms with Gasteiger partial charge in [-0.3, -0.25) is 48.1 Å². The fourth-order valence-corrected chi connectivity index (χ4v) is 9.11. The molecule has 3 aromatic carbocycles. The van der Waals surface area contributed by atoms with Crippen molar-refractivity contribution in [3.05, 3.63) is 102 Å². The van der Waals surface area contributed by atoms with Gasteiger partial charge in [-0.2, -0.15) is 0 Å². The highest BCUT2D eigenvalue weighted by atomic mass is 16.2. The fourth-order valence-electron chi connectivity index (χ4n) is 9.11. The number of hydrogen-bond acceptors (Lipinski definition) is 11. The van der Waals surface area contributed by atoms with E-state index in [9.17, 15) is 43.2 Å². The summed E-state index contributed by atoms with van der Waals surface area (Å²) >= 11 is 0. The maximum Gasteiger partial charge on any atom is 0.243 e. The third kappa shape index (κ3) is 18.7. The summed E-state index contributed by atoms with van der Waals surface area (Å²) in [7, 11) is 0. The van der Waals surface area contributed by atoms with E-state index in [0.717, 1.165) is 16.3 Å². The number of aromatic amines is 1. The number of ketones is 3. The molecular weight excluding hydrogens is 947 g/mol. The number of fused-ring (bicyclic) bond motifs is 1. The van der Waals surface area contributed by atoms with Gasteiger partial charge in [0.2, 0.25) is 35.4 Å². The smallest absolute Gasteiger partial charge is 0.243 e. The van der Waals surface area contributed by atoms with Crippen molar-refractivity contribution in [2.75, 3.05) is 13.1 Å². The van der Waals surface area contributed by atoms with Crippen LogP contribution in [0, 0.1) is 17.8 Å². The Balaban J connectivity index is 1.52. The molecule has 1 aliphatic heterocycles. The van der Waals surface area contributed by atoms with Gasteiger partial charge in [-0.05, 0) is 66.8 Å². The lowest BCUT2D eigenvalue weighted by Gasteiger charge is -2.27. The van der Waals surface area contributed by atoms with Gasteiger partial charge in [-0.1, -0.05) is 92.6 Å². The number of aliphatic imine (C=N–C) groups is 1. The Hall–Kier alpha value is -7.77. The van der Waals surface area contributed by atoms with Crippen LogP contribution >= 0.6 is 0 Å². The molecule has 5 rings (SSSR count). The van der Waals surface area contributed by atoms with Crippen LogP contribution in [0.3, 0.4) is 0 Å². The Kier molecular flexibility index (Phi) is 22.4. The molecule has 0 unspecified atom stereocenters. The number of nitrogens with two attached hydrogens (primary N) is 3. The van der Waals surface area contributed by atoms with Gasteiger partial charge in [0.05, 0.1) is 12.4 Å². The summed E-state index contributed by atoms with van der Waals surface area (Å²) in [5, 5.41) is 15.6. The van der Waals surface area contributed by atoms with Gasteiger partial charge < -0.3 is 48.8 Å². The van der Waals surface area contributed by atoms with Crippen molar-refractivity contribution in [3.63, 3.8) is 0 Å². The first kappa shape index (κ1) is 57.1. The maximum atomic E-state index is 14.7. The van der Waals surface area contributed by atoms with Gasteiger partial charge in [0.15, 0.2) is 11.7 Å². The number of guanidine groups is 1. The molecule has 4 aromatic rings. The normalized spacial score (nSPS) is 20.3. The number of hydrogen-bond donors (Lipinski definition) is 9. The molecule has 0 spiro atoms. The van der Waals surface area contributed by atoms with Gasteiger partial charge in [0.25, 0.3) is 0 Å². The standard InChI is InChI=1S/C54H71N11O9/c1-3-4-16-42(62-33(2)66)51(72)63-43-19-20-49(70)59-23-21-39(47(68)29-40(50(55)71)25-35-17-18-36-13-8-9-14-37(36)24-35)27-46(67)38(15-10-22-60-54(56)57)28-48(69)44(26-34-11-6-5-7-12-34)64-53(74)45(65-52(43)73)30-41-31-58-32-61-41/h5-9,11-14,17-18,24,31-32,38-40,42-45H,3-4,10,15-16,19-23,25-30H2,1-2H3,(H2,55,71)(H,58,61)(H,59,70)(H,62,66)(H,63,72)(H,64,74)(H,65,73)(H4,56,57,60)/t38-,39-,40+,42+,43+,44-,45+/m1/s1. The van der Waals surface area contributed by atoms with Crippen LogP contribution in [-0.2, 0) is 62.4 Å². The second-order valence-corrected chi connectivity index (χ2v) is 19.1. The molecule has 7 atom stereocenters. The van der Waals surface area contributed by atoms with Crippen molar-refractivity contribution in [2.45, 2.75) is 128 Å². The number of imidazole rings is 1. The number of H-pyrrole nitrogens is 1. The molecule has 6 amide bonds. The molecule has 2 heterocycles. The van der Waals surface area contributed by atoms with E-state index in [1.165, 1.54) is 19.4 Å². The number of aromatic nitrogens is 2. The van der Waals surface area contributed by atoms with Gasteiger partial charge in [0, 0.05) is 81.8 Å². The third-order valence-electron chi connectivity index (χ3n) is 13.2. The summed E-state index contributed by atoms with van der Waals surface area (Å²) in [6.07, 6.45) is 3.23. The highest BCUT2D eigenvalue weighted by Gasteiger charge is 2.35. The summed E-state index contributed by atoms with van der Waals surface area (Å²) in [5.41, 5.74) is 19.0. The zero-order chi connectivity index (χ0) is 53.6. The number of primary amides is 1. The molecule has 20 nitrogen and oxygen atoms in total. The predicted molar refractivity (Wildman–Crippen MR) is 278 cm³/mol. The van der Waals surface area contributed by atoms with Gasteiger partial charge in [-0.25, -0.2) is 4.98 Å². The molecule has 20 heteroatoms. The van der Waals surface area contributed by atoms with Gasteiger partial charge >= 0.3 is 0 Å². The van der Waals surface area contributed by atoms with E-state index in [0.29, 0.717) is 24.1 Å². The van der Waals surface area contributed by atoms with Crippen LogP contribution in [0.5, 0.6) is 0 Å². The van der Waals surface area contributed by atoms with Crippen LogP contribution < -0.4 is 43.8 Å². The van der Waals surface area contributed by atoms with Gasteiger partial charge in [-0.15, -0.1) is 0 Å². The molecule has 1 fully saturated rings. The Morgan fingerprint density at radius 1 is 0.811 bits per heavy atom. The number of Topliss-reactive ketones (excluding diaryl/α,β-unsaturated/α-hetero) is 3. The van der Waals surface area contributed by atoms with Crippen molar-refractivity contribution < 1.29 is 43.2 Å². The van der Waals surface area contributed by atoms with Crippen LogP contribution in [0.4, 0.5) is 0 Å². The second-order valence-electron chi connectivity index (χ2n) is 19.1. The van der Waals surface area contributed by atoms with E-state index < -0.39 is 94.7 Å². The first-order valence-electron chi connectivity index (χ1n) is 25.4. The van der Waals surface area contributed by atoms with Gasteiger partial charge in [0.1, 0.15) is 29.7 Å². The number of benzene rings is 3. The number of rotatable bonds is 20. The lowest BCUT2D eigenvalue weighted by atomic mass is 9.81. The van der Waals surface area contributed by atoms with Crippen LogP contribution in [0.25, 0.3) is 10.8 Å². The Morgan fingerprint density at radius 2 is 1.54 bits per heavy atom. The molecule has 396 valence electrons. The topological polar surface area (TPSA) is 333 Å². The third-order valence-corrected chi connectivity index (χ3v) is 13.2. The van der Waals surface area contributed by atoms with Crippen molar-refractivity contribution in [1.82, 2.24) is 36.6 Å². The van der Waals surface area contributed by atoms with E-state index in [1.807, 2.05) is 49.4 Å². The minimum absolute atomic E-state index is 0.00658. The molecule has 1 aromatic heterocycles. The number of unbranched alkanes of at least 4 members (excludes halogenated alkanes) is 1. The molecule has 74 heavy (non-hydrogen) atoms. The van der Waals surface area contributed by atoms with Crippen LogP contribution in [0.15, 0.2) is 90.3 Å². The second kappa shape index (κ2) is 29.1. The quantitative estimate of drug-likeness (QED) is 0.0350. The fraction of sp³-hybridized carbons (Fsp3) is 0.463. The molecule has 0 bridgehead atoms. The van der Waals surface area contributed by atoms with Crippen molar-refractivity contribution in [1.29, 1.82) is 0 Å². The largest absolute Gasteiger partial charge is 0.370 e. The number of carbonyl (C=O) groups excluding carboxylic acids is 9. The maximum absolute atomic E-state index is 14.7. The lowest BCUT2D eigenvalue weighted by molar-refractivity contribution is -0.135. The summed E-state index contributed by atoms with van der Waals surface area (Å²) in [6.45, 7) is 3.22. The Morgan fingerprint density at radius 3 is 2.23 bits per heavy atom. The molecule has 0 radical (unpaired) electrons. The highest BCUT2D eigenvalue weighted by molar-refractivity contribution is 5.98. The van der Waals surface area contributed by atoms with Crippen LogP contribution in [0.2, 0.25) is 0 Å².